The number of halogens is 1. The third-order valence-electron chi connectivity index (χ3n) is 2.71. The van der Waals surface area contributed by atoms with Crippen LogP contribution in [0.15, 0.2) is 18.2 Å². The lowest BCUT2D eigenvalue weighted by Gasteiger charge is -2.11. The maximum atomic E-state index is 13.4. The summed E-state index contributed by atoms with van der Waals surface area (Å²) < 4.78 is 24.2. The molecule has 16 heavy (non-hydrogen) atoms. The molecule has 1 fully saturated rings. The topological polar surface area (TPSA) is 44.5 Å². The number of ether oxygens (including phenoxy) is 2. The van der Waals surface area contributed by atoms with Crippen molar-refractivity contribution < 1.29 is 13.9 Å². The highest BCUT2D eigenvalue weighted by Gasteiger charge is 2.16. The summed E-state index contributed by atoms with van der Waals surface area (Å²) in [5.41, 5.74) is 6.99. The molecule has 1 aliphatic heterocycles. The van der Waals surface area contributed by atoms with Gasteiger partial charge in [0, 0.05) is 18.7 Å². The first-order valence-corrected chi connectivity index (χ1v) is 5.46. The minimum Gasteiger partial charge on any atom is -0.379 e. The molecule has 4 heteroatoms. The molecule has 2 rings (SSSR count). The third kappa shape index (κ3) is 2.78. The van der Waals surface area contributed by atoms with Crippen molar-refractivity contribution in [3.8, 4) is 0 Å². The maximum Gasteiger partial charge on any atom is 0.128 e. The molecule has 0 saturated carbocycles. The molecule has 0 aromatic heterocycles. The van der Waals surface area contributed by atoms with Gasteiger partial charge in [0.05, 0.1) is 19.3 Å². The monoisotopic (exact) mass is 225 g/mol. The summed E-state index contributed by atoms with van der Waals surface area (Å²) in [6, 6.07) is 4.88. The molecule has 0 radical (unpaired) electrons. The van der Waals surface area contributed by atoms with E-state index in [1.54, 1.807) is 12.1 Å². The normalized spacial score (nSPS) is 20.2. The molecule has 1 saturated heterocycles. The summed E-state index contributed by atoms with van der Waals surface area (Å²) in [5.74, 6) is -0.240. The van der Waals surface area contributed by atoms with Gasteiger partial charge in [0.25, 0.3) is 0 Å². The van der Waals surface area contributed by atoms with E-state index in [1.165, 1.54) is 6.07 Å². The minimum atomic E-state index is -0.240. The van der Waals surface area contributed by atoms with E-state index in [0.717, 1.165) is 18.6 Å². The Morgan fingerprint density at radius 2 is 2.38 bits per heavy atom. The van der Waals surface area contributed by atoms with Crippen molar-refractivity contribution >= 4 is 0 Å². The first kappa shape index (κ1) is 11.5. The Morgan fingerprint density at radius 1 is 1.50 bits per heavy atom. The fourth-order valence-electron chi connectivity index (χ4n) is 1.72. The number of hydrogen-bond acceptors (Lipinski definition) is 3. The summed E-state index contributed by atoms with van der Waals surface area (Å²) in [6.45, 7) is 2.04. The molecule has 0 aliphatic carbocycles. The van der Waals surface area contributed by atoms with E-state index < -0.39 is 0 Å². The molecule has 3 nitrogen and oxygen atoms in total. The molecule has 0 bridgehead atoms. The number of nitrogens with two attached hydrogens (primary N) is 1. The highest BCUT2D eigenvalue weighted by atomic mass is 19.1. The van der Waals surface area contributed by atoms with Crippen LogP contribution in [0.25, 0.3) is 0 Å². The Labute approximate surface area is 94.3 Å². The largest absolute Gasteiger partial charge is 0.379 e. The van der Waals surface area contributed by atoms with Gasteiger partial charge in [-0.15, -0.1) is 0 Å². The highest BCUT2D eigenvalue weighted by molar-refractivity contribution is 5.24. The number of rotatable bonds is 4. The first-order chi connectivity index (χ1) is 7.79. The molecule has 1 aliphatic rings. The minimum absolute atomic E-state index is 0.0981. The standard InChI is InChI=1S/C12H16FNO2/c13-12-2-1-9(6-14)5-10(12)7-16-11-3-4-15-8-11/h1-2,5,11H,3-4,6-8,14H2. The van der Waals surface area contributed by atoms with E-state index in [4.69, 9.17) is 15.2 Å². The predicted octanol–water partition coefficient (Wildman–Crippen LogP) is 1.59. The number of benzene rings is 1. The molecule has 1 aromatic rings. The van der Waals surface area contributed by atoms with Crippen LogP contribution in [0.4, 0.5) is 4.39 Å². The van der Waals surface area contributed by atoms with Crippen LogP contribution in [0.1, 0.15) is 17.5 Å². The van der Waals surface area contributed by atoms with Crippen molar-refractivity contribution in [1.82, 2.24) is 0 Å². The second kappa shape index (κ2) is 5.39. The van der Waals surface area contributed by atoms with Crippen LogP contribution in [0.5, 0.6) is 0 Å². The van der Waals surface area contributed by atoms with Crippen LogP contribution in [-0.4, -0.2) is 19.3 Å². The van der Waals surface area contributed by atoms with Gasteiger partial charge in [-0.25, -0.2) is 4.39 Å². The van der Waals surface area contributed by atoms with Crippen molar-refractivity contribution in [2.24, 2.45) is 5.73 Å². The SMILES string of the molecule is NCc1ccc(F)c(COC2CCOC2)c1. The molecule has 0 spiro atoms. The predicted molar refractivity (Wildman–Crippen MR) is 58.3 cm³/mol. The van der Waals surface area contributed by atoms with E-state index in [2.05, 4.69) is 0 Å². The second-order valence-electron chi connectivity index (χ2n) is 3.93. The molecular formula is C12H16FNO2. The highest BCUT2D eigenvalue weighted by Crippen LogP contribution is 2.15. The third-order valence-corrected chi connectivity index (χ3v) is 2.71. The van der Waals surface area contributed by atoms with Crippen molar-refractivity contribution in [2.75, 3.05) is 13.2 Å². The lowest BCUT2D eigenvalue weighted by atomic mass is 10.1. The fraction of sp³-hybridized carbons (Fsp3) is 0.500. The van der Waals surface area contributed by atoms with Crippen LogP contribution >= 0.6 is 0 Å². The maximum absolute atomic E-state index is 13.4. The van der Waals surface area contributed by atoms with Crippen LogP contribution in [0.2, 0.25) is 0 Å². The molecule has 1 unspecified atom stereocenters. The number of hydrogen-bond donors (Lipinski definition) is 1. The average Bonchev–Trinajstić information content (AvgIpc) is 2.81. The molecular weight excluding hydrogens is 209 g/mol. The Hall–Kier alpha value is -0.970. The van der Waals surface area contributed by atoms with E-state index >= 15 is 0 Å². The van der Waals surface area contributed by atoms with Crippen LogP contribution in [0, 0.1) is 5.82 Å². The van der Waals surface area contributed by atoms with Crippen molar-refractivity contribution in [2.45, 2.75) is 25.7 Å². The van der Waals surface area contributed by atoms with Crippen LogP contribution in [-0.2, 0) is 22.6 Å². The summed E-state index contributed by atoms with van der Waals surface area (Å²) in [7, 11) is 0. The molecule has 1 aromatic carbocycles. The van der Waals surface area contributed by atoms with Gasteiger partial charge >= 0.3 is 0 Å². The zero-order chi connectivity index (χ0) is 11.4. The Kier molecular flexibility index (Phi) is 3.88. The summed E-state index contributed by atoms with van der Waals surface area (Å²) >= 11 is 0. The van der Waals surface area contributed by atoms with E-state index in [0.29, 0.717) is 18.7 Å². The van der Waals surface area contributed by atoms with E-state index in [9.17, 15) is 4.39 Å². The Morgan fingerprint density at radius 3 is 3.06 bits per heavy atom. The van der Waals surface area contributed by atoms with Gasteiger partial charge in [0.1, 0.15) is 5.82 Å². The van der Waals surface area contributed by atoms with Gasteiger partial charge < -0.3 is 15.2 Å². The van der Waals surface area contributed by atoms with Crippen molar-refractivity contribution in [3.05, 3.63) is 35.1 Å². The van der Waals surface area contributed by atoms with Gasteiger partial charge in [-0.05, 0) is 24.1 Å². The zero-order valence-electron chi connectivity index (χ0n) is 9.12. The van der Waals surface area contributed by atoms with Gasteiger partial charge in [0.15, 0.2) is 0 Å². The molecule has 88 valence electrons. The molecule has 2 N–H and O–H groups in total. The average molecular weight is 225 g/mol. The van der Waals surface area contributed by atoms with Crippen molar-refractivity contribution in [3.63, 3.8) is 0 Å². The summed E-state index contributed by atoms with van der Waals surface area (Å²) in [5, 5.41) is 0. The zero-order valence-corrected chi connectivity index (χ0v) is 9.12. The second-order valence-corrected chi connectivity index (χ2v) is 3.93. The fourth-order valence-corrected chi connectivity index (χ4v) is 1.72. The smallest absolute Gasteiger partial charge is 0.128 e. The lowest BCUT2D eigenvalue weighted by molar-refractivity contribution is 0.0304. The van der Waals surface area contributed by atoms with Gasteiger partial charge in [-0.1, -0.05) is 6.07 Å². The molecule has 1 heterocycles. The molecule has 0 amide bonds. The van der Waals surface area contributed by atoms with E-state index in [1.807, 2.05) is 0 Å². The quantitative estimate of drug-likeness (QED) is 0.846. The summed E-state index contributed by atoms with van der Waals surface area (Å²) in [6.07, 6.45) is 0.985. The van der Waals surface area contributed by atoms with Crippen LogP contribution < -0.4 is 5.73 Å². The van der Waals surface area contributed by atoms with Gasteiger partial charge in [-0.3, -0.25) is 0 Å². The first-order valence-electron chi connectivity index (χ1n) is 5.46. The van der Waals surface area contributed by atoms with E-state index in [-0.39, 0.29) is 18.5 Å². The van der Waals surface area contributed by atoms with Gasteiger partial charge in [0.2, 0.25) is 0 Å². The lowest BCUT2D eigenvalue weighted by Crippen LogP contribution is -2.12. The van der Waals surface area contributed by atoms with Crippen LogP contribution in [0.3, 0.4) is 0 Å². The molecule has 1 atom stereocenters. The Bertz CT molecular complexity index is 351. The summed E-state index contributed by atoms with van der Waals surface area (Å²) in [4.78, 5) is 0. The van der Waals surface area contributed by atoms with Crippen molar-refractivity contribution in [1.29, 1.82) is 0 Å². The Balaban J connectivity index is 1.96. The van der Waals surface area contributed by atoms with Gasteiger partial charge in [-0.2, -0.15) is 0 Å².